The summed E-state index contributed by atoms with van der Waals surface area (Å²) in [5, 5.41) is 0. The van der Waals surface area contributed by atoms with Crippen molar-refractivity contribution in [3.8, 4) is 11.1 Å². The zero-order valence-electron chi connectivity index (χ0n) is 15.1. The van der Waals surface area contributed by atoms with E-state index in [2.05, 4.69) is 83.2 Å². The van der Waals surface area contributed by atoms with Crippen LogP contribution in [0.1, 0.15) is 57.7 Å². The Morgan fingerprint density at radius 1 is 1.00 bits per heavy atom. The summed E-state index contributed by atoms with van der Waals surface area (Å²) < 4.78 is 0. The summed E-state index contributed by atoms with van der Waals surface area (Å²) in [5.74, 6) is 0.679. The second-order valence-corrected chi connectivity index (χ2v) is 7.91. The smallest absolute Gasteiger partial charge is 0.00490 e. The van der Waals surface area contributed by atoms with Crippen molar-refractivity contribution in [3.63, 3.8) is 0 Å². The Balaban J connectivity index is 1.95. The highest BCUT2D eigenvalue weighted by atomic mass is 14.2. The zero-order valence-corrected chi connectivity index (χ0v) is 15.1. The second-order valence-electron chi connectivity index (χ2n) is 7.91. The number of fused-ring (bicyclic) bond motifs is 1. The molecule has 0 spiro atoms. The lowest BCUT2D eigenvalue weighted by Crippen LogP contribution is -2.10. The molecule has 1 aliphatic carbocycles. The third-order valence-electron chi connectivity index (χ3n) is 5.24. The average Bonchev–Trinajstić information content (AvgIpc) is 2.97. The Kier molecular flexibility index (Phi) is 4.19. The van der Waals surface area contributed by atoms with Gasteiger partial charge in [0.05, 0.1) is 0 Å². The Bertz CT molecular complexity index is 724. The number of rotatable bonds is 3. The largest absolute Gasteiger partial charge is 0.0648 e. The van der Waals surface area contributed by atoms with Crippen molar-refractivity contribution in [1.82, 2.24) is 0 Å². The lowest BCUT2D eigenvalue weighted by Gasteiger charge is -2.19. The fourth-order valence-corrected chi connectivity index (χ4v) is 3.39. The van der Waals surface area contributed by atoms with E-state index in [9.17, 15) is 0 Å². The van der Waals surface area contributed by atoms with E-state index in [4.69, 9.17) is 0 Å². The van der Waals surface area contributed by atoms with Gasteiger partial charge in [-0.15, -0.1) is 0 Å². The molecule has 0 saturated heterocycles. The van der Waals surface area contributed by atoms with E-state index in [1.165, 1.54) is 34.2 Å². The highest BCUT2D eigenvalue weighted by molar-refractivity contribution is 5.77. The van der Waals surface area contributed by atoms with Gasteiger partial charge in [0, 0.05) is 0 Å². The van der Waals surface area contributed by atoms with Crippen LogP contribution in [0.5, 0.6) is 0 Å². The van der Waals surface area contributed by atoms with Gasteiger partial charge >= 0.3 is 0 Å². The van der Waals surface area contributed by atoms with Gasteiger partial charge in [0.1, 0.15) is 0 Å². The molecular weight excluding hydrogens is 276 g/mol. The molecule has 0 radical (unpaired) electrons. The molecule has 2 aromatic carbocycles. The molecule has 0 saturated carbocycles. The van der Waals surface area contributed by atoms with Crippen molar-refractivity contribution in [2.75, 3.05) is 0 Å². The van der Waals surface area contributed by atoms with E-state index < -0.39 is 0 Å². The summed E-state index contributed by atoms with van der Waals surface area (Å²) in [6.07, 6.45) is 4.74. The molecule has 0 bridgehead atoms. The number of hydrogen-bond donors (Lipinski definition) is 0. The fourth-order valence-electron chi connectivity index (χ4n) is 3.39. The van der Waals surface area contributed by atoms with E-state index in [0.717, 1.165) is 6.42 Å². The van der Waals surface area contributed by atoms with Crippen LogP contribution in [0.3, 0.4) is 0 Å². The molecule has 0 aromatic heterocycles. The second kappa shape index (κ2) is 6.00. The first-order chi connectivity index (χ1) is 10.9. The highest BCUT2D eigenvalue weighted by Crippen LogP contribution is 2.37. The summed E-state index contributed by atoms with van der Waals surface area (Å²) in [5.41, 5.74) is 8.85. The van der Waals surface area contributed by atoms with E-state index in [1.54, 1.807) is 5.57 Å². The minimum absolute atomic E-state index is 0.211. The van der Waals surface area contributed by atoms with Crippen molar-refractivity contribution in [1.29, 1.82) is 0 Å². The minimum Gasteiger partial charge on any atom is -0.0648 e. The SMILES string of the molecule is CCC(C)C1=Cc2cccc(-c3ccc(C(C)(C)C)cc3)c2C1. The molecule has 0 nitrogen and oxygen atoms in total. The van der Waals surface area contributed by atoms with Gasteiger partial charge in [0.25, 0.3) is 0 Å². The molecule has 3 rings (SSSR count). The van der Waals surface area contributed by atoms with E-state index in [-0.39, 0.29) is 5.41 Å². The topological polar surface area (TPSA) is 0 Å². The molecular formula is C23H28. The molecule has 1 unspecified atom stereocenters. The van der Waals surface area contributed by atoms with Gasteiger partial charge in [-0.3, -0.25) is 0 Å². The normalized spacial score (nSPS) is 15.3. The van der Waals surface area contributed by atoms with Crippen LogP contribution in [0.25, 0.3) is 17.2 Å². The first kappa shape index (κ1) is 16.1. The van der Waals surface area contributed by atoms with Gasteiger partial charge < -0.3 is 0 Å². The lowest BCUT2D eigenvalue weighted by atomic mass is 9.85. The molecule has 0 heterocycles. The molecule has 120 valence electrons. The minimum atomic E-state index is 0.211. The van der Waals surface area contributed by atoms with Crippen LogP contribution >= 0.6 is 0 Å². The quantitative estimate of drug-likeness (QED) is 0.596. The van der Waals surface area contributed by atoms with Crippen LogP contribution < -0.4 is 0 Å². The molecule has 0 fully saturated rings. The van der Waals surface area contributed by atoms with E-state index in [1.807, 2.05) is 0 Å². The van der Waals surface area contributed by atoms with E-state index in [0.29, 0.717) is 5.92 Å². The monoisotopic (exact) mass is 304 g/mol. The average molecular weight is 304 g/mol. The predicted molar refractivity (Wildman–Crippen MR) is 102 cm³/mol. The standard InChI is InChI=1S/C23H28/c1-6-16(2)19-14-18-8-7-9-21(22(18)15-19)17-10-12-20(13-11-17)23(3,4)5/h7-14,16H,6,15H2,1-5H3. The Labute approximate surface area is 141 Å². The summed E-state index contributed by atoms with van der Waals surface area (Å²) in [7, 11) is 0. The van der Waals surface area contributed by atoms with Gasteiger partial charge in [-0.2, -0.15) is 0 Å². The maximum absolute atomic E-state index is 2.41. The third-order valence-corrected chi connectivity index (χ3v) is 5.24. The first-order valence-corrected chi connectivity index (χ1v) is 8.83. The Morgan fingerprint density at radius 2 is 1.70 bits per heavy atom. The maximum Gasteiger partial charge on any atom is -0.00490 e. The van der Waals surface area contributed by atoms with Gasteiger partial charge in [-0.25, -0.2) is 0 Å². The molecule has 2 aromatic rings. The number of benzene rings is 2. The van der Waals surface area contributed by atoms with Gasteiger partial charge in [0.15, 0.2) is 0 Å². The summed E-state index contributed by atoms with van der Waals surface area (Å²) in [6.45, 7) is 11.4. The van der Waals surface area contributed by atoms with Crippen LogP contribution in [0, 0.1) is 5.92 Å². The van der Waals surface area contributed by atoms with E-state index >= 15 is 0 Å². The van der Waals surface area contributed by atoms with Crippen LogP contribution in [-0.2, 0) is 11.8 Å². The molecule has 0 aliphatic heterocycles. The van der Waals surface area contributed by atoms with Gasteiger partial charge in [-0.05, 0) is 52.0 Å². The van der Waals surface area contributed by atoms with Gasteiger partial charge in [-0.1, -0.05) is 88.7 Å². The zero-order chi connectivity index (χ0) is 16.6. The Morgan fingerprint density at radius 3 is 2.30 bits per heavy atom. The molecule has 0 N–H and O–H groups in total. The molecule has 1 atom stereocenters. The summed E-state index contributed by atoms with van der Waals surface area (Å²) in [4.78, 5) is 0. The number of hydrogen-bond acceptors (Lipinski definition) is 0. The lowest BCUT2D eigenvalue weighted by molar-refractivity contribution is 0.590. The molecule has 1 aliphatic rings. The third kappa shape index (κ3) is 3.13. The van der Waals surface area contributed by atoms with Gasteiger partial charge in [0.2, 0.25) is 0 Å². The first-order valence-electron chi connectivity index (χ1n) is 8.83. The maximum atomic E-state index is 2.41. The van der Waals surface area contributed by atoms with Crippen molar-refractivity contribution >= 4 is 6.08 Å². The predicted octanol–water partition coefficient (Wildman–Crippen LogP) is 6.64. The van der Waals surface area contributed by atoms with Crippen LogP contribution in [0.15, 0.2) is 48.0 Å². The molecule has 0 amide bonds. The van der Waals surface area contributed by atoms with Crippen molar-refractivity contribution in [2.24, 2.45) is 5.92 Å². The highest BCUT2D eigenvalue weighted by Gasteiger charge is 2.20. The Hall–Kier alpha value is -1.82. The van der Waals surface area contributed by atoms with Crippen molar-refractivity contribution in [3.05, 3.63) is 64.7 Å². The van der Waals surface area contributed by atoms with Crippen molar-refractivity contribution in [2.45, 2.75) is 52.9 Å². The molecule has 23 heavy (non-hydrogen) atoms. The fraction of sp³-hybridized carbons (Fsp3) is 0.391. The van der Waals surface area contributed by atoms with Crippen LogP contribution in [0.4, 0.5) is 0 Å². The van der Waals surface area contributed by atoms with Crippen LogP contribution in [0.2, 0.25) is 0 Å². The number of allylic oxidation sites excluding steroid dienone is 1. The summed E-state index contributed by atoms with van der Waals surface area (Å²) in [6, 6.07) is 15.9. The summed E-state index contributed by atoms with van der Waals surface area (Å²) >= 11 is 0. The molecule has 0 heteroatoms. The van der Waals surface area contributed by atoms with Crippen molar-refractivity contribution < 1.29 is 0 Å². The van der Waals surface area contributed by atoms with Crippen LogP contribution in [-0.4, -0.2) is 0 Å².